The number of aromatic nitrogens is 3. The molecule has 40 heavy (non-hydrogen) atoms. The first-order valence-electron chi connectivity index (χ1n) is 11.5. The second kappa shape index (κ2) is 12.0. The number of carbonyl (C=O) groups is 4. The van der Waals surface area contributed by atoms with Crippen molar-refractivity contribution in [2.45, 2.75) is 31.0 Å². The fraction of sp³-hybridized carbons (Fsp3) is 0.261. The van der Waals surface area contributed by atoms with Crippen molar-refractivity contribution in [3.63, 3.8) is 0 Å². The fourth-order valence-electron chi connectivity index (χ4n) is 4.18. The molecule has 5 heterocycles. The molecule has 0 radical (unpaired) electrons. The van der Waals surface area contributed by atoms with Crippen molar-refractivity contribution in [2.75, 3.05) is 11.5 Å². The zero-order valence-corrected chi connectivity index (χ0v) is 24.9. The fourth-order valence-corrected chi connectivity index (χ4v) is 6.06. The Morgan fingerprint density at radius 2 is 2.12 bits per heavy atom. The molecule has 0 aliphatic carbocycles. The summed E-state index contributed by atoms with van der Waals surface area (Å²) in [6, 6.07) is 4.61. The molecule has 0 aromatic carbocycles. The van der Waals surface area contributed by atoms with Crippen LogP contribution in [0.15, 0.2) is 58.6 Å². The zero-order chi connectivity index (χ0) is 27.8. The van der Waals surface area contributed by atoms with Crippen molar-refractivity contribution in [3.05, 3.63) is 59.1 Å². The molecule has 204 valence electrons. The Labute approximate surface area is 258 Å². The van der Waals surface area contributed by atoms with Gasteiger partial charge < -0.3 is 27.5 Å². The van der Waals surface area contributed by atoms with E-state index in [0.29, 0.717) is 11.3 Å². The monoisotopic (exact) mass is 596 g/mol. The largest absolute Gasteiger partial charge is 1.00 e. The molecule has 1 unspecified atom stereocenters. The minimum Gasteiger partial charge on any atom is -1.00 e. The second-order valence-corrected chi connectivity index (χ2v) is 10.6. The number of nitrogens with one attached hydrogen (secondary N) is 1. The number of imidazole rings is 1. The van der Waals surface area contributed by atoms with Crippen LogP contribution in [0, 0.1) is 0 Å². The van der Waals surface area contributed by atoms with Gasteiger partial charge in [-0.25, -0.2) is 23.5 Å². The van der Waals surface area contributed by atoms with Gasteiger partial charge in [0, 0.05) is 22.8 Å². The molecule has 0 spiro atoms. The second-order valence-electron chi connectivity index (χ2n) is 8.61. The van der Waals surface area contributed by atoms with Gasteiger partial charge >= 0.3 is 41.5 Å². The first-order valence-corrected chi connectivity index (χ1v) is 13.4. The quantitative estimate of drug-likeness (QED) is 0.0651. The number of carbonyl (C=O) groups excluding carboxylic acids is 2. The van der Waals surface area contributed by atoms with Crippen molar-refractivity contribution < 1.29 is 69.8 Å². The first kappa shape index (κ1) is 29.5. The Balaban J connectivity index is 0.00000231. The number of hydrogen-bond acceptors (Lipinski definition) is 10. The summed E-state index contributed by atoms with van der Waals surface area (Å²) in [4.78, 5) is 59.7. The van der Waals surface area contributed by atoms with E-state index >= 15 is 0 Å². The molecule has 1 saturated heterocycles. The topological polar surface area (TPSA) is 193 Å². The van der Waals surface area contributed by atoms with E-state index in [0.717, 1.165) is 17.0 Å². The number of carboxylic acid groups (broad SMARTS) is 2. The minimum atomic E-state index is -1.35. The SMILES string of the molecule is CC(O/N=C(\C(=O)N[C@@H]1C(=O)N2C(C(=O)O)=C(C[n+]3ccn4ccccc43)CS[C@H]12)c1csc(N)n1)C(=O)O.[H-].[Na+]. The average Bonchev–Trinajstić information content (AvgIpc) is 3.52. The van der Waals surface area contributed by atoms with Crippen molar-refractivity contribution in [1.29, 1.82) is 0 Å². The normalized spacial score (nSPS) is 19.4. The zero-order valence-electron chi connectivity index (χ0n) is 22.3. The molecule has 5 N–H and O–H groups in total. The van der Waals surface area contributed by atoms with Crippen molar-refractivity contribution >= 4 is 63.3 Å². The maximum absolute atomic E-state index is 13.1. The molecular weight excluding hydrogens is 573 g/mol. The molecule has 0 bridgehead atoms. The van der Waals surface area contributed by atoms with Gasteiger partial charge in [-0.3, -0.25) is 14.5 Å². The van der Waals surface area contributed by atoms with E-state index in [1.807, 2.05) is 45.8 Å². The van der Waals surface area contributed by atoms with Gasteiger partial charge in [-0.05, 0) is 13.0 Å². The maximum Gasteiger partial charge on any atom is 1.00 e. The van der Waals surface area contributed by atoms with Crippen molar-refractivity contribution in [3.8, 4) is 0 Å². The van der Waals surface area contributed by atoms with Gasteiger partial charge in [0.1, 0.15) is 41.7 Å². The number of thioether (sulfide) groups is 1. The number of rotatable bonds is 9. The molecule has 0 saturated carbocycles. The predicted molar refractivity (Wildman–Crippen MR) is 140 cm³/mol. The standard InChI is InChI=1S/C23H21N7O7S2.Na.H/c1-11(21(33)34)37-27-15(13-10-39-23(24)25-13)18(31)26-16-19(32)30-17(22(35)36)12(9-38-20(16)30)8-29-7-6-28-5-3-2-4-14(28)29;;/h2-7,10-11,16,20H,8-9H2,1H3,(H4-,24,25,26,31,33,34,35,36);;/q;+1;-1/p+1/b27-15-;;/t11?,16-,20-;;/m1../s1. The van der Waals surface area contributed by atoms with E-state index in [-0.39, 0.29) is 59.8 Å². The summed E-state index contributed by atoms with van der Waals surface area (Å²) >= 11 is 2.36. The summed E-state index contributed by atoms with van der Waals surface area (Å²) in [6.45, 7) is 1.50. The third kappa shape index (κ3) is 5.57. The number of pyridine rings is 1. The van der Waals surface area contributed by atoms with E-state index in [1.165, 1.54) is 29.0 Å². The molecule has 1 fully saturated rings. The van der Waals surface area contributed by atoms with E-state index in [9.17, 15) is 24.3 Å². The van der Waals surface area contributed by atoms with E-state index in [4.69, 9.17) is 15.7 Å². The Hall–Kier alpha value is -3.44. The van der Waals surface area contributed by atoms with Gasteiger partial charge in [-0.2, -0.15) is 0 Å². The summed E-state index contributed by atoms with van der Waals surface area (Å²) in [5.74, 6) is -3.66. The number of fused-ring (bicyclic) bond motifs is 2. The van der Waals surface area contributed by atoms with Crippen LogP contribution in [0.25, 0.3) is 5.65 Å². The van der Waals surface area contributed by atoms with Gasteiger partial charge in [-0.1, -0.05) is 11.2 Å². The molecule has 14 nitrogen and oxygen atoms in total. The predicted octanol–water partition coefficient (Wildman–Crippen LogP) is -2.99. The molecule has 17 heteroatoms. The third-order valence-corrected chi connectivity index (χ3v) is 8.11. The maximum atomic E-state index is 13.1. The molecule has 3 aromatic rings. The van der Waals surface area contributed by atoms with Crippen LogP contribution >= 0.6 is 23.1 Å². The molecule has 2 aliphatic heterocycles. The van der Waals surface area contributed by atoms with E-state index in [1.54, 1.807) is 0 Å². The molecular formula is C23H23N7NaO7S2+. The van der Waals surface area contributed by atoms with Crippen molar-refractivity contribution in [1.82, 2.24) is 19.6 Å². The molecule has 2 aliphatic rings. The number of carboxylic acids is 2. The van der Waals surface area contributed by atoms with Crippen LogP contribution in [-0.2, 0) is 30.6 Å². The van der Waals surface area contributed by atoms with E-state index < -0.39 is 41.3 Å². The van der Waals surface area contributed by atoms with Crippen molar-refractivity contribution in [2.24, 2.45) is 5.16 Å². The number of nitrogens with two attached hydrogens (primary N) is 1. The Kier molecular flexibility index (Phi) is 8.84. The van der Waals surface area contributed by atoms with Gasteiger partial charge in [-0.15, -0.1) is 23.1 Å². The summed E-state index contributed by atoms with van der Waals surface area (Å²) in [5.41, 5.74) is 6.63. The summed E-state index contributed by atoms with van der Waals surface area (Å²) in [6.07, 6.45) is 4.21. The Bertz CT molecular complexity index is 1580. The first-order chi connectivity index (χ1) is 18.7. The number of anilines is 1. The van der Waals surface area contributed by atoms with Gasteiger partial charge in [0.15, 0.2) is 10.8 Å². The minimum absolute atomic E-state index is 0. The van der Waals surface area contributed by atoms with Crippen LogP contribution in [0.3, 0.4) is 0 Å². The van der Waals surface area contributed by atoms with Crippen LogP contribution < -0.4 is 45.2 Å². The van der Waals surface area contributed by atoms with E-state index in [2.05, 4.69) is 15.5 Å². The number of amides is 2. The smallest absolute Gasteiger partial charge is 1.00 e. The molecule has 3 aromatic heterocycles. The van der Waals surface area contributed by atoms with Crippen LogP contribution in [0.4, 0.5) is 5.13 Å². The number of oxime groups is 1. The van der Waals surface area contributed by atoms with Gasteiger partial charge in [0.2, 0.25) is 6.10 Å². The number of nitrogen functional groups attached to an aromatic ring is 1. The number of thiazole rings is 1. The summed E-state index contributed by atoms with van der Waals surface area (Å²) in [5, 5.41) is 26.2. The number of aliphatic carboxylic acids is 2. The molecule has 3 atom stereocenters. The van der Waals surface area contributed by atoms with Crippen LogP contribution in [0.5, 0.6) is 0 Å². The number of nitrogens with zero attached hydrogens (tertiary/aromatic N) is 5. The molecule has 2 amide bonds. The third-order valence-electron chi connectivity index (χ3n) is 6.10. The molecule has 5 rings (SSSR count). The van der Waals surface area contributed by atoms with Crippen LogP contribution in [0.1, 0.15) is 14.0 Å². The van der Waals surface area contributed by atoms with Crippen LogP contribution in [-0.4, -0.2) is 77.2 Å². The van der Waals surface area contributed by atoms with Gasteiger partial charge in [0.25, 0.3) is 17.5 Å². The van der Waals surface area contributed by atoms with Gasteiger partial charge in [0.05, 0.1) is 6.20 Å². The summed E-state index contributed by atoms with van der Waals surface area (Å²) in [7, 11) is 0. The Morgan fingerprint density at radius 3 is 2.80 bits per heavy atom. The Morgan fingerprint density at radius 1 is 1.35 bits per heavy atom. The number of β-lactam (4-membered cyclic amide) rings is 1. The van der Waals surface area contributed by atoms with Crippen LogP contribution in [0.2, 0.25) is 0 Å². The summed E-state index contributed by atoms with van der Waals surface area (Å²) < 4.78 is 3.79. The number of hydrogen-bond donors (Lipinski definition) is 4. The average molecular weight is 597 g/mol.